The van der Waals surface area contributed by atoms with Crippen LogP contribution in [0.5, 0.6) is 11.6 Å². The quantitative estimate of drug-likeness (QED) is 0.267. The third kappa shape index (κ3) is 5.04. The Bertz CT molecular complexity index is 1600. The van der Waals surface area contributed by atoms with Crippen LogP contribution < -0.4 is 15.6 Å². The molecule has 7 nitrogen and oxygen atoms in total. The predicted octanol–water partition coefficient (Wildman–Crippen LogP) is 5.96. The first kappa shape index (κ1) is 24.0. The molecule has 2 aromatic heterocycles. The van der Waals surface area contributed by atoms with Crippen LogP contribution in [0.2, 0.25) is 10.0 Å². The average Bonchev–Trinajstić information content (AvgIpc) is 2.83. The van der Waals surface area contributed by atoms with Gasteiger partial charge in [-0.25, -0.2) is 0 Å². The minimum absolute atomic E-state index is 0.0516. The molecule has 1 N–H and O–H groups in total. The molecule has 1 amide bonds. The first-order valence-electron chi connectivity index (χ1n) is 10.4. The molecule has 35 heavy (non-hydrogen) atoms. The Morgan fingerprint density at radius 3 is 2.57 bits per heavy atom. The Labute approximate surface area is 210 Å². The lowest BCUT2D eigenvalue weighted by Crippen LogP contribution is -2.20. The number of aryl methyl sites for hydroxylation is 2. The SMILES string of the molecule is Cc1cc(Oc2nc3c(C)cccn3c(=O)c2/C=C(/C#N)C(=O)Nc2ccccc2Cl)ccc1Cl. The van der Waals surface area contributed by atoms with Crippen LogP contribution in [-0.2, 0) is 4.79 Å². The minimum Gasteiger partial charge on any atom is -0.438 e. The maximum Gasteiger partial charge on any atom is 0.269 e. The molecule has 0 aliphatic heterocycles. The van der Waals surface area contributed by atoms with Crippen LogP contribution in [0.3, 0.4) is 0 Å². The summed E-state index contributed by atoms with van der Waals surface area (Å²) in [6.45, 7) is 3.63. The van der Waals surface area contributed by atoms with Crippen LogP contribution in [0.1, 0.15) is 16.7 Å². The number of aromatic nitrogens is 2. The molecule has 0 aliphatic rings. The third-order valence-corrected chi connectivity index (χ3v) is 5.92. The molecule has 0 unspecified atom stereocenters. The van der Waals surface area contributed by atoms with Gasteiger partial charge in [0.2, 0.25) is 5.88 Å². The van der Waals surface area contributed by atoms with Crippen molar-refractivity contribution in [1.82, 2.24) is 9.38 Å². The molecule has 0 saturated carbocycles. The topological polar surface area (TPSA) is 96.5 Å². The molecular formula is C26H18Cl2N4O3. The van der Waals surface area contributed by atoms with Gasteiger partial charge in [-0.1, -0.05) is 41.4 Å². The number of pyridine rings is 1. The van der Waals surface area contributed by atoms with Gasteiger partial charge in [-0.15, -0.1) is 0 Å². The number of fused-ring (bicyclic) bond motifs is 1. The molecule has 2 heterocycles. The van der Waals surface area contributed by atoms with Gasteiger partial charge >= 0.3 is 0 Å². The van der Waals surface area contributed by atoms with E-state index in [-0.39, 0.29) is 17.0 Å². The van der Waals surface area contributed by atoms with E-state index in [0.717, 1.165) is 17.2 Å². The van der Waals surface area contributed by atoms with Crippen molar-refractivity contribution in [1.29, 1.82) is 5.26 Å². The van der Waals surface area contributed by atoms with Gasteiger partial charge in [0.25, 0.3) is 11.5 Å². The summed E-state index contributed by atoms with van der Waals surface area (Å²) in [4.78, 5) is 30.8. The number of ether oxygens (including phenoxy) is 1. The van der Waals surface area contributed by atoms with Gasteiger partial charge in [-0.3, -0.25) is 14.0 Å². The van der Waals surface area contributed by atoms with Crippen LogP contribution in [0.4, 0.5) is 5.69 Å². The summed E-state index contributed by atoms with van der Waals surface area (Å²) >= 11 is 12.2. The van der Waals surface area contributed by atoms with Crippen molar-refractivity contribution in [3.05, 3.63) is 103 Å². The number of hydrogen-bond donors (Lipinski definition) is 1. The van der Waals surface area contributed by atoms with E-state index in [0.29, 0.717) is 27.1 Å². The largest absolute Gasteiger partial charge is 0.438 e. The molecule has 9 heteroatoms. The highest BCUT2D eigenvalue weighted by Gasteiger charge is 2.19. The summed E-state index contributed by atoms with van der Waals surface area (Å²) in [5.74, 6) is -0.391. The zero-order valence-corrected chi connectivity index (χ0v) is 20.2. The number of nitriles is 1. The molecule has 0 spiro atoms. The summed E-state index contributed by atoms with van der Waals surface area (Å²) in [5.41, 5.74) is 1.34. The van der Waals surface area contributed by atoms with E-state index in [1.807, 2.05) is 26.0 Å². The van der Waals surface area contributed by atoms with E-state index in [4.69, 9.17) is 27.9 Å². The summed E-state index contributed by atoms with van der Waals surface area (Å²) in [6, 6.07) is 17.0. The number of para-hydroxylation sites is 1. The summed E-state index contributed by atoms with van der Waals surface area (Å²) in [6.07, 6.45) is 2.72. The molecule has 0 bridgehead atoms. The van der Waals surface area contributed by atoms with E-state index in [1.165, 1.54) is 4.40 Å². The lowest BCUT2D eigenvalue weighted by Gasteiger charge is -2.12. The van der Waals surface area contributed by atoms with Crippen molar-refractivity contribution in [2.75, 3.05) is 5.32 Å². The third-order valence-electron chi connectivity index (χ3n) is 5.17. The lowest BCUT2D eigenvalue weighted by atomic mass is 10.1. The van der Waals surface area contributed by atoms with E-state index < -0.39 is 11.5 Å². The monoisotopic (exact) mass is 504 g/mol. The van der Waals surface area contributed by atoms with Gasteiger partial charge in [0.15, 0.2) is 0 Å². The second kappa shape index (κ2) is 10.0. The molecule has 0 saturated heterocycles. The number of benzene rings is 2. The number of rotatable bonds is 5. The first-order valence-corrected chi connectivity index (χ1v) is 11.2. The maximum atomic E-state index is 13.4. The number of amides is 1. The smallest absolute Gasteiger partial charge is 0.269 e. The fourth-order valence-corrected chi connectivity index (χ4v) is 3.63. The standard InChI is InChI=1S/C26H18Cl2N4O3/c1-15-6-5-11-32-23(15)31-25(35-18-9-10-20(27)16(2)12-18)19(26(32)34)13-17(14-29)24(33)30-22-8-4-3-7-21(22)28/h3-13H,1-2H3,(H,30,33)/b17-13-. The fraction of sp³-hybridized carbons (Fsp3) is 0.0769. The number of carbonyl (C=O) groups is 1. The number of halogens is 2. The van der Waals surface area contributed by atoms with Crippen LogP contribution in [0.15, 0.2) is 71.2 Å². The maximum absolute atomic E-state index is 13.4. The average molecular weight is 505 g/mol. The number of nitrogens with zero attached hydrogens (tertiary/aromatic N) is 3. The molecule has 4 rings (SSSR count). The zero-order chi connectivity index (χ0) is 25.1. The van der Waals surface area contributed by atoms with Crippen molar-refractivity contribution in [2.24, 2.45) is 0 Å². The van der Waals surface area contributed by atoms with E-state index in [2.05, 4.69) is 10.3 Å². The van der Waals surface area contributed by atoms with Crippen LogP contribution in [-0.4, -0.2) is 15.3 Å². The highest BCUT2D eigenvalue weighted by Crippen LogP contribution is 2.28. The number of carbonyl (C=O) groups excluding carboxylic acids is 1. The molecule has 0 fully saturated rings. The van der Waals surface area contributed by atoms with Crippen molar-refractivity contribution in [3.8, 4) is 17.7 Å². The Balaban J connectivity index is 1.85. The molecular weight excluding hydrogens is 487 g/mol. The summed E-state index contributed by atoms with van der Waals surface area (Å²) < 4.78 is 7.30. The molecule has 0 atom stereocenters. The van der Waals surface area contributed by atoms with Crippen molar-refractivity contribution < 1.29 is 9.53 Å². The second-order valence-electron chi connectivity index (χ2n) is 7.64. The number of nitrogens with one attached hydrogen (secondary N) is 1. The fourth-order valence-electron chi connectivity index (χ4n) is 3.33. The Kier molecular flexibility index (Phi) is 6.87. The van der Waals surface area contributed by atoms with Gasteiger partial charge in [0.05, 0.1) is 10.7 Å². The molecule has 0 radical (unpaired) electrons. The van der Waals surface area contributed by atoms with Gasteiger partial charge in [0.1, 0.15) is 28.6 Å². The predicted molar refractivity (Wildman–Crippen MR) is 136 cm³/mol. The summed E-state index contributed by atoms with van der Waals surface area (Å²) in [5, 5.41) is 13.2. The van der Waals surface area contributed by atoms with Crippen LogP contribution in [0.25, 0.3) is 11.7 Å². The van der Waals surface area contributed by atoms with Crippen molar-refractivity contribution in [2.45, 2.75) is 13.8 Å². The highest BCUT2D eigenvalue weighted by atomic mass is 35.5. The van der Waals surface area contributed by atoms with E-state index >= 15 is 0 Å². The van der Waals surface area contributed by atoms with Crippen LogP contribution in [0, 0.1) is 25.2 Å². The van der Waals surface area contributed by atoms with Gasteiger partial charge in [-0.2, -0.15) is 10.2 Å². The Morgan fingerprint density at radius 2 is 1.86 bits per heavy atom. The Hall–Kier alpha value is -4.12. The van der Waals surface area contributed by atoms with Gasteiger partial charge in [-0.05, 0) is 67.4 Å². The highest BCUT2D eigenvalue weighted by molar-refractivity contribution is 6.34. The molecule has 0 aliphatic carbocycles. The number of hydrogen-bond acceptors (Lipinski definition) is 5. The number of anilines is 1. The first-order chi connectivity index (χ1) is 16.8. The van der Waals surface area contributed by atoms with Crippen molar-refractivity contribution >= 4 is 46.5 Å². The van der Waals surface area contributed by atoms with Crippen LogP contribution >= 0.6 is 23.2 Å². The molecule has 174 valence electrons. The van der Waals surface area contributed by atoms with Crippen molar-refractivity contribution in [3.63, 3.8) is 0 Å². The summed E-state index contributed by atoms with van der Waals surface area (Å²) in [7, 11) is 0. The Morgan fingerprint density at radius 1 is 1.09 bits per heavy atom. The zero-order valence-electron chi connectivity index (χ0n) is 18.7. The van der Waals surface area contributed by atoms with Gasteiger partial charge < -0.3 is 10.1 Å². The lowest BCUT2D eigenvalue weighted by molar-refractivity contribution is -0.112. The van der Waals surface area contributed by atoms with Gasteiger partial charge in [0, 0.05) is 11.2 Å². The van der Waals surface area contributed by atoms with E-state index in [9.17, 15) is 14.9 Å². The van der Waals surface area contributed by atoms with E-state index in [1.54, 1.807) is 54.7 Å². The molecule has 4 aromatic rings. The minimum atomic E-state index is -0.734. The second-order valence-corrected chi connectivity index (χ2v) is 8.45. The molecule has 2 aromatic carbocycles. The normalized spacial score (nSPS) is 11.2.